The molecule has 1 saturated heterocycles. The lowest BCUT2D eigenvalue weighted by Gasteiger charge is -2.40. The van der Waals surface area contributed by atoms with Crippen LogP contribution in [0.15, 0.2) is 12.1 Å². The number of hydrogen-bond acceptors (Lipinski definition) is 2. The molecule has 1 atom stereocenters. The standard InChI is InChI=1S/C14H20F2N2/c1-9(2)14-8-17-4-5-18(14)13-7-11(15)10(3)6-12(13)16/h6-7,9,14,17H,4-5,8H2,1-3H3. The SMILES string of the molecule is Cc1cc(F)c(N2CCNCC2C(C)C)cc1F. The number of aryl methyl sites for hydroxylation is 1. The highest BCUT2D eigenvalue weighted by molar-refractivity contribution is 5.51. The Kier molecular flexibility index (Phi) is 3.85. The normalized spacial score (nSPS) is 20.6. The van der Waals surface area contributed by atoms with Crippen molar-refractivity contribution >= 4 is 5.69 Å². The minimum atomic E-state index is -0.340. The van der Waals surface area contributed by atoms with Crippen LogP contribution in [0, 0.1) is 24.5 Å². The molecule has 0 spiro atoms. The Bertz CT molecular complexity index is 432. The molecule has 0 radical (unpaired) electrons. The third-order valence-electron chi connectivity index (χ3n) is 3.59. The molecule has 0 bridgehead atoms. The maximum absolute atomic E-state index is 14.0. The van der Waals surface area contributed by atoms with E-state index in [1.54, 1.807) is 6.92 Å². The molecule has 1 aliphatic heterocycles. The van der Waals surface area contributed by atoms with Gasteiger partial charge in [0.05, 0.1) is 5.69 Å². The van der Waals surface area contributed by atoms with E-state index in [2.05, 4.69) is 19.2 Å². The third kappa shape index (κ3) is 2.48. The summed E-state index contributed by atoms with van der Waals surface area (Å²) in [5.74, 6) is -0.282. The van der Waals surface area contributed by atoms with E-state index in [4.69, 9.17) is 0 Å². The molecule has 0 amide bonds. The van der Waals surface area contributed by atoms with Crippen LogP contribution in [0.25, 0.3) is 0 Å². The van der Waals surface area contributed by atoms with E-state index >= 15 is 0 Å². The smallest absolute Gasteiger partial charge is 0.146 e. The molecule has 1 aromatic carbocycles. The maximum atomic E-state index is 14.0. The summed E-state index contributed by atoms with van der Waals surface area (Å²) in [6.45, 7) is 8.12. The zero-order chi connectivity index (χ0) is 13.3. The van der Waals surface area contributed by atoms with Crippen LogP contribution >= 0.6 is 0 Å². The van der Waals surface area contributed by atoms with E-state index in [1.165, 1.54) is 12.1 Å². The van der Waals surface area contributed by atoms with Crippen molar-refractivity contribution < 1.29 is 8.78 Å². The van der Waals surface area contributed by atoms with E-state index in [-0.39, 0.29) is 17.7 Å². The highest BCUT2D eigenvalue weighted by Crippen LogP contribution is 2.27. The molecule has 100 valence electrons. The topological polar surface area (TPSA) is 15.3 Å². The molecule has 1 fully saturated rings. The van der Waals surface area contributed by atoms with E-state index in [0.717, 1.165) is 13.1 Å². The number of nitrogens with one attached hydrogen (secondary N) is 1. The van der Waals surface area contributed by atoms with E-state index in [9.17, 15) is 8.78 Å². The molecule has 18 heavy (non-hydrogen) atoms. The zero-order valence-electron chi connectivity index (χ0n) is 11.1. The van der Waals surface area contributed by atoms with Gasteiger partial charge in [-0.1, -0.05) is 13.8 Å². The fraction of sp³-hybridized carbons (Fsp3) is 0.571. The second-order valence-corrected chi connectivity index (χ2v) is 5.26. The summed E-state index contributed by atoms with van der Waals surface area (Å²) >= 11 is 0. The monoisotopic (exact) mass is 254 g/mol. The summed E-state index contributed by atoms with van der Waals surface area (Å²) in [5, 5.41) is 3.30. The summed E-state index contributed by atoms with van der Waals surface area (Å²) in [6, 6.07) is 2.81. The minimum absolute atomic E-state index is 0.204. The largest absolute Gasteiger partial charge is 0.363 e. The molecule has 1 heterocycles. The average Bonchev–Trinajstić information content (AvgIpc) is 2.34. The van der Waals surface area contributed by atoms with Crippen molar-refractivity contribution in [2.45, 2.75) is 26.8 Å². The van der Waals surface area contributed by atoms with Gasteiger partial charge in [-0.15, -0.1) is 0 Å². The van der Waals surface area contributed by atoms with Crippen LogP contribution in [0.3, 0.4) is 0 Å². The second kappa shape index (κ2) is 5.22. The zero-order valence-corrected chi connectivity index (χ0v) is 11.1. The maximum Gasteiger partial charge on any atom is 0.146 e. The van der Waals surface area contributed by atoms with Gasteiger partial charge in [-0.2, -0.15) is 0 Å². The number of rotatable bonds is 2. The van der Waals surface area contributed by atoms with Crippen LogP contribution < -0.4 is 10.2 Å². The molecular formula is C14H20F2N2. The van der Waals surface area contributed by atoms with Gasteiger partial charge in [-0.3, -0.25) is 0 Å². The molecular weight excluding hydrogens is 234 g/mol. The number of hydrogen-bond donors (Lipinski definition) is 1. The van der Waals surface area contributed by atoms with Crippen molar-refractivity contribution in [3.63, 3.8) is 0 Å². The molecule has 1 N–H and O–H groups in total. The minimum Gasteiger partial charge on any atom is -0.363 e. The Morgan fingerprint density at radius 2 is 2.00 bits per heavy atom. The first kappa shape index (κ1) is 13.3. The Morgan fingerprint density at radius 3 is 2.67 bits per heavy atom. The van der Waals surface area contributed by atoms with E-state index in [1.807, 2.05) is 4.90 Å². The fourth-order valence-corrected chi connectivity index (χ4v) is 2.48. The molecule has 1 aliphatic rings. The van der Waals surface area contributed by atoms with Crippen molar-refractivity contribution in [1.29, 1.82) is 0 Å². The van der Waals surface area contributed by atoms with Gasteiger partial charge in [0, 0.05) is 31.7 Å². The van der Waals surface area contributed by atoms with Crippen LogP contribution in [0.2, 0.25) is 0 Å². The first-order valence-electron chi connectivity index (χ1n) is 6.43. The first-order valence-corrected chi connectivity index (χ1v) is 6.43. The highest BCUT2D eigenvalue weighted by atomic mass is 19.1. The van der Waals surface area contributed by atoms with Gasteiger partial charge >= 0.3 is 0 Å². The molecule has 2 nitrogen and oxygen atoms in total. The lowest BCUT2D eigenvalue weighted by Crippen LogP contribution is -2.54. The molecule has 0 saturated carbocycles. The molecule has 1 unspecified atom stereocenters. The quantitative estimate of drug-likeness (QED) is 0.873. The second-order valence-electron chi connectivity index (χ2n) is 5.26. The highest BCUT2D eigenvalue weighted by Gasteiger charge is 2.27. The predicted molar refractivity (Wildman–Crippen MR) is 69.9 cm³/mol. The summed E-state index contributed by atoms with van der Waals surface area (Å²) < 4.78 is 27.7. The third-order valence-corrected chi connectivity index (χ3v) is 3.59. The van der Waals surface area contributed by atoms with Gasteiger partial charge in [0.15, 0.2) is 0 Å². The molecule has 4 heteroatoms. The van der Waals surface area contributed by atoms with Gasteiger partial charge in [0.25, 0.3) is 0 Å². The number of halogens is 2. The summed E-state index contributed by atoms with van der Waals surface area (Å²) in [5.41, 5.74) is 0.741. The van der Waals surface area contributed by atoms with Gasteiger partial charge < -0.3 is 10.2 Å². The molecule has 2 rings (SSSR count). The van der Waals surface area contributed by atoms with Crippen LogP contribution in [-0.4, -0.2) is 25.7 Å². The van der Waals surface area contributed by atoms with Crippen LogP contribution in [0.4, 0.5) is 14.5 Å². The van der Waals surface area contributed by atoms with Crippen molar-refractivity contribution in [2.24, 2.45) is 5.92 Å². The molecule has 0 aromatic heterocycles. The summed E-state index contributed by atoms with van der Waals surface area (Å²) in [7, 11) is 0. The number of piperazine rings is 1. The van der Waals surface area contributed by atoms with Gasteiger partial charge in [0.1, 0.15) is 11.6 Å². The fourth-order valence-electron chi connectivity index (χ4n) is 2.48. The summed E-state index contributed by atoms with van der Waals surface area (Å²) in [4.78, 5) is 1.99. The van der Waals surface area contributed by atoms with Crippen molar-refractivity contribution in [1.82, 2.24) is 5.32 Å². The lowest BCUT2D eigenvalue weighted by molar-refractivity contribution is 0.386. The number of anilines is 1. The van der Waals surface area contributed by atoms with Crippen LogP contribution in [0.5, 0.6) is 0 Å². The molecule has 0 aliphatic carbocycles. The average molecular weight is 254 g/mol. The van der Waals surface area contributed by atoms with Crippen molar-refractivity contribution in [2.75, 3.05) is 24.5 Å². The van der Waals surface area contributed by atoms with Gasteiger partial charge in [0.2, 0.25) is 0 Å². The lowest BCUT2D eigenvalue weighted by atomic mass is 9.99. The Hall–Kier alpha value is -1.16. The van der Waals surface area contributed by atoms with Crippen LogP contribution in [-0.2, 0) is 0 Å². The Labute approximate surface area is 107 Å². The molecule has 1 aromatic rings. The predicted octanol–water partition coefficient (Wildman–Crippen LogP) is 2.71. The van der Waals surface area contributed by atoms with Gasteiger partial charge in [-0.25, -0.2) is 8.78 Å². The Morgan fingerprint density at radius 1 is 1.28 bits per heavy atom. The first-order chi connectivity index (χ1) is 8.50. The van der Waals surface area contributed by atoms with Crippen molar-refractivity contribution in [3.05, 3.63) is 29.3 Å². The van der Waals surface area contributed by atoms with Crippen molar-refractivity contribution in [3.8, 4) is 0 Å². The van der Waals surface area contributed by atoms with Crippen LogP contribution in [0.1, 0.15) is 19.4 Å². The number of nitrogens with zero attached hydrogens (tertiary/aromatic N) is 1. The summed E-state index contributed by atoms with van der Waals surface area (Å²) in [6.07, 6.45) is 0. The van der Waals surface area contributed by atoms with E-state index < -0.39 is 0 Å². The van der Waals surface area contributed by atoms with Gasteiger partial charge in [-0.05, 0) is 24.5 Å². The Balaban J connectivity index is 2.36. The van der Waals surface area contributed by atoms with E-state index in [0.29, 0.717) is 23.7 Å². The number of benzene rings is 1.